The molecular formula is C20H23NO4. The fourth-order valence-corrected chi connectivity index (χ4v) is 2.52. The van der Waals surface area contributed by atoms with Crippen LogP contribution in [0.4, 0.5) is 0 Å². The standard InChI is InChI=1S/C20H23NO4/c1-3-14-4-6-15(7-5-14)8-13-18(22)21-19(20(23)24)16-9-11-17(25-2)12-10-16/h4-7,9-12,19H,3,8,13H2,1-2H3,(H,21,22)(H,23,24). The lowest BCUT2D eigenvalue weighted by Gasteiger charge is -2.15. The third kappa shape index (κ3) is 5.35. The van der Waals surface area contributed by atoms with E-state index in [1.54, 1.807) is 31.4 Å². The van der Waals surface area contributed by atoms with Crippen LogP contribution in [0.5, 0.6) is 5.75 Å². The first-order valence-electron chi connectivity index (χ1n) is 8.27. The molecule has 1 unspecified atom stereocenters. The van der Waals surface area contributed by atoms with Crippen molar-refractivity contribution in [3.05, 3.63) is 65.2 Å². The Bertz CT molecular complexity index is 707. The predicted octanol–water partition coefficient (Wildman–Crippen LogP) is 3.13. The van der Waals surface area contributed by atoms with Crippen LogP contribution in [0.3, 0.4) is 0 Å². The summed E-state index contributed by atoms with van der Waals surface area (Å²) in [4.78, 5) is 23.6. The van der Waals surface area contributed by atoms with E-state index in [0.717, 1.165) is 12.0 Å². The molecular weight excluding hydrogens is 318 g/mol. The van der Waals surface area contributed by atoms with E-state index in [1.165, 1.54) is 5.56 Å². The number of benzene rings is 2. The van der Waals surface area contributed by atoms with Crippen molar-refractivity contribution in [3.63, 3.8) is 0 Å². The number of rotatable bonds is 8. The number of amides is 1. The van der Waals surface area contributed by atoms with Crippen LogP contribution in [-0.2, 0) is 22.4 Å². The second-order valence-corrected chi connectivity index (χ2v) is 5.78. The summed E-state index contributed by atoms with van der Waals surface area (Å²) in [7, 11) is 1.54. The molecule has 0 aliphatic rings. The minimum Gasteiger partial charge on any atom is -0.497 e. The number of methoxy groups -OCH3 is 1. The molecule has 1 amide bonds. The van der Waals surface area contributed by atoms with E-state index >= 15 is 0 Å². The van der Waals surface area contributed by atoms with E-state index in [1.807, 2.05) is 24.3 Å². The molecule has 0 saturated carbocycles. The topological polar surface area (TPSA) is 75.6 Å². The van der Waals surface area contributed by atoms with Crippen LogP contribution in [0, 0.1) is 0 Å². The Labute approximate surface area is 147 Å². The van der Waals surface area contributed by atoms with Crippen molar-refractivity contribution in [2.45, 2.75) is 32.2 Å². The van der Waals surface area contributed by atoms with Gasteiger partial charge in [0.25, 0.3) is 0 Å². The number of hydrogen-bond acceptors (Lipinski definition) is 3. The molecule has 2 N–H and O–H groups in total. The minimum atomic E-state index is -1.09. The SMILES string of the molecule is CCc1ccc(CCC(=O)NC(C(=O)O)c2ccc(OC)cc2)cc1. The highest BCUT2D eigenvalue weighted by atomic mass is 16.5. The maximum atomic E-state index is 12.2. The Morgan fingerprint density at radius 3 is 2.16 bits per heavy atom. The molecule has 0 bridgehead atoms. The zero-order valence-electron chi connectivity index (χ0n) is 14.5. The molecule has 1 atom stereocenters. The molecule has 0 aliphatic carbocycles. The Hall–Kier alpha value is -2.82. The molecule has 0 fully saturated rings. The third-order valence-electron chi connectivity index (χ3n) is 4.07. The van der Waals surface area contributed by atoms with Gasteiger partial charge in [0.05, 0.1) is 7.11 Å². The Morgan fingerprint density at radius 2 is 1.64 bits per heavy atom. The first-order chi connectivity index (χ1) is 12.0. The first kappa shape index (κ1) is 18.5. The largest absolute Gasteiger partial charge is 0.497 e. The molecule has 5 nitrogen and oxygen atoms in total. The van der Waals surface area contributed by atoms with E-state index in [4.69, 9.17) is 4.74 Å². The maximum absolute atomic E-state index is 12.2. The van der Waals surface area contributed by atoms with Gasteiger partial charge in [0.2, 0.25) is 5.91 Å². The number of ether oxygens (including phenoxy) is 1. The van der Waals surface area contributed by atoms with E-state index < -0.39 is 12.0 Å². The highest BCUT2D eigenvalue weighted by molar-refractivity contribution is 5.84. The molecule has 2 aromatic rings. The van der Waals surface area contributed by atoms with E-state index in [9.17, 15) is 14.7 Å². The smallest absolute Gasteiger partial charge is 0.330 e. The zero-order chi connectivity index (χ0) is 18.2. The summed E-state index contributed by atoms with van der Waals surface area (Å²) >= 11 is 0. The quantitative estimate of drug-likeness (QED) is 0.773. The van der Waals surface area contributed by atoms with E-state index in [0.29, 0.717) is 17.7 Å². The van der Waals surface area contributed by atoms with Gasteiger partial charge in [-0.3, -0.25) is 4.79 Å². The van der Waals surface area contributed by atoms with Gasteiger partial charge in [0, 0.05) is 6.42 Å². The molecule has 0 radical (unpaired) electrons. The number of hydrogen-bond donors (Lipinski definition) is 2. The van der Waals surface area contributed by atoms with Gasteiger partial charge >= 0.3 is 5.97 Å². The van der Waals surface area contributed by atoms with E-state index in [-0.39, 0.29) is 12.3 Å². The number of carboxylic acids is 1. The lowest BCUT2D eigenvalue weighted by molar-refractivity contribution is -0.142. The van der Waals surface area contributed by atoms with Crippen LogP contribution in [0.2, 0.25) is 0 Å². The van der Waals surface area contributed by atoms with Gasteiger partial charge in [0.15, 0.2) is 6.04 Å². The van der Waals surface area contributed by atoms with Crippen molar-refractivity contribution in [3.8, 4) is 5.75 Å². The minimum absolute atomic E-state index is 0.241. The highest BCUT2D eigenvalue weighted by Crippen LogP contribution is 2.18. The van der Waals surface area contributed by atoms with Crippen molar-refractivity contribution in [2.24, 2.45) is 0 Å². The average Bonchev–Trinajstić information content (AvgIpc) is 2.64. The van der Waals surface area contributed by atoms with Crippen molar-refractivity contribution < 1.29 is 19.4 Å². The summed E-state index contributed by atoms with van der Waals surface area (Å²) in [5.74, 6) is -0.747. The van der Waals surface area contributed by atoms with E-state index in [2.05, 4.69) is 12.2 Å². The van der Waals surface area contributed by atoms with Gasteiger partial charge in [0.1, 0.15) is 5.75 Å². The monoisotopic (exact) mass is 341 g/mol. The second-order valence-electron chi connectivity index (χ2n) is 5.78. The number of carbonyl (C=O) groups is 2. The van der Waals surface area contributed by atoms with Crippen molar-refractivity contribution in [1.29, 1.82) is 0 Å². The van der Waals surface area contributed by atoms with Crippen LogP contribution < -0.4 is 10.1 Å². The lowest BCUT2D eigenvalue weighted by Crippen LogP contribution is -2.33. The first-order valence-corrected chi connectivity index (χ1v) is 8.27. The van der Waals surface area contributed by atoms with Gasteiger partial charge in [-0.05, 0) is 41.7 Å². The molecule has 5 heteroatoms. The predicted molar refractivity (Wildman–Crippen MR) is 95.7 cm³/mol. The number of nitrogens with one attached hydrogen (secondary N) is 1. The zero-order valence-corrected chi connectivity index (χ0v) is 14.5. The molecule has 132 valence electrons. The summed E-state index contributed by atoms with van der Waals surface area (Å²) < 4.78 is 5.06. The molecule has 2 aromatic carbocycles. The summed E-state index contributed by atoms with van der Waals surface area (Å²) in [6.07, 6.45) is 1.79. The number of aryl methyl sites for hydroxylation is 2. The van der Waals surface area contributed by atoms with Gasteiger partial charge in [-0.2, -0.15) is 0 Å². The maximum Gasteiger partial charge on any atom is 0.330 e. The molecule has 25 heavy (non-hydrogen) atoms. The summed E-state index contributed by atoms with van der Waals surface area (Å²) in [5, 5.41) is 12.0. The summed E-state index contributed by atoms with van der Waals surface area (Å²) in [6, 6.07) is 13.7. The van der Waals surface area contributed by atoms with Gasteiger partial charge in [-0.1, -0.05) is 43.3 Å². The number of carbonyl (C=O) groups excluding carboxylic acids is 1. The highest BCUT2D eigenvalue weighted by Gasteiger charge is 2.21. The average molecular weight is 341 g/mol. The Balaban J connectivity index is 1.95. The van der Waals surface area contributed by atoms with Crippen molar-refractivity contribution in [1.82, 2.24) is 5.32 Å². The normalized spacial score (nSPS) is 11.6. The van der Waals surface area contributed by atoms with Crippen LogP contribution >= 0.6 is 0 Å². The van der Waals surface area contributed by atoms with Crippen LogP contribution in [0.25, 0.3) is 0 Å². The van der Waals surface area contributed by atoms with Crippen molar-refractivity contribution >= 4 is 11.9 Å². The molecule has 0 aliphatic heterocycles. The van der Waals surface area contributed by atoms with Crippen LogP contribution in [0.15, 0.2) is 48.5 Å². The number of carboxylic acid groups (broad SMARTS) is 1. The third-order valence-corrected chi connectivity index (χ3v) is 4.07. The fourth-order valence-electron chi connectivity index (χ4n) is 2.52. The summed E-state index contributed by atoms with van der Waals surface area (Å²) in [6.45, 7) is 2.09. The second kappa shape index (κ2) is 8.87. The molecule has 0 aromatic heterocycles. The molecule has 0 saturated heterocycles. The van der Waals surface area contributed by atoms with Gasteiger partial charge in [-0.15, -0.1) is 0 Å². The molecule has 0 spiro atoms. The Morgan fingerprint density at radius 1 is 1.04 bits per heavy atom. The van der Waals surface area contributed by atoms with Gasteiger partial charge in [-0.25, -0.2) is 4.79 Å². The molecule has 2 rings (SSSR count). The lowest BCUT2D eigenvalue weighted by atomic mass is 10.0. The molecule has 0 heterocycles. The van der Waals surface area contributed by atoms with Crippen LogP contribution in [0.1, 0.15) is 36.1 Å². The summed E-state index contributed by atoms with van der Waals surface area (Å²) in [5.41, 5.74) is 2.82. The van der Waals surface area contributed by atoms with Crippen LogP contribution in [-0.4, -0.2) is 24.1 Å². The Kier molecular flexibility index (Phi) is 6.57. The number of aliphatic carboxylic acids is 1. The fraction of sp³-hybridized carbons (Fsp3) is 0.300. The van der Waals surface area contributed by atoms with Gasteiger partial charge < -0.3 is 15.2 Å². The van der Waals surface area contributed by atoms with Crippen molar-refractivity contribution in [2.75, 3.05) is 7.11 Å².